The van der Waals surface area contributed by atoms with E-state index in [2.05, 4.69) is 5.10 Å². The minimum absolute atomic E-state index is 0.123. The zero-order chi connectivity index (χ0) is 18.3. The fraction of sp³-hybridized carbons (Fsp3) is 0.500. The molecule has 1 atom stereocenters. The first-order valence-corrected chi connectivity index (χ1v) is 8.42. The summed E-state index contributed by atoms with van der Waals surface area (Å²) in [6, 6.07) is 3.31. The molecule has 0 bridgehead atoms. The van der Waals surface area contributed by atoms with Crippen LogP contribution in [0.4, 0.5) is 0 Å². The van der Waals surface area contributed by atoms with E-state index in [1.165, 1.54) is 4.57 Å². The lowest BCUT2D eigenvalue weighted by atomic mass is 10.0. The van der Waals surface area contributed by atoms with Crippen LogP contribution in [0.1, 0.15) is 46.2 Å². The van der Waals surface area contributed by atoms with E-state index in [-0.39, 0.29) is 23.1 Å². The van der Waals surface area contributed by atoms with E-state index in [9.17, 15) is 9.59 Å². The summed E-state index contributed by atoms with van der Waals surface area (Å²) in [4.78, 5) is 27.4. The highest BCUT2D eigenvalue weighted by molar-refractivity contribution is 5.94. The van der Waals surface area contributed by atoms with E-state index in [0.717, 1.165) is 29.8 Å². The van der Waals surface area contributed by atoms with Gasteiger partial charge in [-0.2, -0.15) is 5.10 Å². The third-order valence-corrected chi connectivity index (χ3v) is 5.04. The molecular weight excluding hydrogens is 320 g/mol. The number of amides is 1. The second-order valence-electron chi connectivity index (χ2n) is 6.54. The molecule has 0 spiro atoms. The summed E-state index contributed by atoms with van der Waals surface area (Å²) in [6.07, 6.45) is 1.72. The average molecular weight is 344 g/mol. The molecule has 7 nitrogen and oxygen atoms in total. The van der Waals surface area contributed by atoms with Gasteiger partial charge in [-0.15, -0.1) is 0 Å². The Morgan fingerprint density at radius 1 is 1.28 bits per heavy atom. The number of methoxy groups -OCH3 is 1. The van der Waals surface area contributed by atoms with E-state index in [0.29, 0.717) is 12.4 Å². The topological polar surface area (TPSA) is 69.4 Å². The molecule has 1 aliphatic heterocycles. The highest BCUT2D eigenvalue weighted by Crippen LogP contribution is 2.39. The third kappa shape index (κ3) is 2.73. The number of hydrogen-bond donors (Lipinski definition) is 0. The van der Waals surface area contributed by atoms with Crippen LogP contribution in [0.15, 0.2) is 16.9 Å². The molecule has 0 N–H and O–H groups in total. The molecule has 134 valence electrons. The summed E-state index contributed by atoms with van der Waals surface area (Å²) in [5.41, 5.74) is 2.55. The highest BCUT2D eigenvalue weighted by Gasteiger charge is 2.36. The minimum Gasteiger partial charge on any atom is -0.481 e. The predicted octanol–water partition coefficient (Wildman–Crippen LogP) is 1.72. The summed E-state index contributed by atoms with van der Waals surface area (Å²) in [5, 5.41) is 4.42. The number of aromatic nitrogens is 3. The van der Waals surface area contributed by atoms with Crippen molar-refractivity contribution in [2.75, 3.05) is 13.7 Å². The number of rotatable bonds is 3. The van der Waals surface area contributed by atoms with Crippen molar-refractivity contribution < 1.29 is 9.53 Å². The van der Waals surface area contributed by atoms with Crippen molar-refractivity contribution in [2.24, 2.45) is 14.1 Å². The van der Waals surface area contributed by atoms with Crippen molar-refractivity contribution in [3.63, 3.8) is 0 Å². The van der Waals surface area contributed by atoms with Gasteiger partial charge in [0.15, 0.2) is 0 Å². The number of likely N-dealkylation sites (tertiary alicyclic amines) is 1. The largest absolute Gasteiger partial charge is 0.481 e. The van der Waals surface area contributed by atoms with Crippen molar-refractivity contribution in [1.29, 1.82) is 0 Å². The maximum absolute atomic E-state index is 13.1. The SMILES string of the molecule is COc1c([C@H]2CCCN2C(=O)c2ccc(C)n(C)c2=O)c(C)nn1C. The quantitative estimate of drug-likeness (QED) is 0.850. The number of hydrogen-bond acceptors (Lipinski definition) is 4. The number of carbonyl (C=O) groups excluding carboxylic acids is 1. The van der Waals surface area contributed by atoms with Gasteiger partial charge in [-0.3, -0.25) is 9.59 Å². The van der Waals surface area contributed by atoms with Gasteiger partial charge in [0.1, 0.15) is 5.56 Å². The van der Waals surface area contributed by atoms with Crippen LogP contribution in [0, 0.1) is 13.8 Å². The van der Waals surface area contributed by atoms with Crippen LogP contribution < -0.4 is 10.3 Å². The van der Waals surface area contributed by atoms with Gasteiger partial charge in [0.05, 0.1) is 24.4 Å². The maximum atomic E-state index is 13.1. The molecule has 1 fully saturated rings. The van der Waals surface area contributed by atoms with Gasteiger partial charge in [-0.1, -0.05) is 0 Å². The van der Waals surface area contributed by atoms with Crippen LogP contribution in [0.25, 0.3) is 0 Å². The Morgan fingerprint density at radius 3 is 2.68 bits per heavy atom. The lowest BCUT2D eigenvalue weighted by Crippen LogP contribution is -2.36. The van der Waals surface area contributed by atoms with Crippen molar-refractivity contribution in [3.05, 3.63) is 45.0 Å². The van der Waals surface area contributed by atoms with E-state index in [4.69, 9.17) is 4.74 Å². The standard InChI is InChI=1S/C18H24N4O3/c1-11-8-9-13(16(23)20(11)3)17(24)22-10-6-7-14(22)15-12(2)19-21(4)18(15)25-5/h8-9,14H,6-7,10H2,1-5H3/t14-/m1/s1. The van der Waals surface area contributed by atoms with Gasteiger partial charge >= 0.3 is 0 Å². The first-order valence-electron chi connectivity index (χ1n) is 8.42. The van der Waals surface area contributed by atoms with E-state index in [1.54, 1.807) is 35.9 Å². The first kappa shape index (κ1) is 17.3. The third-order valence-electron chi connectivity index (χ3n) is 5.04. The fourth-order valence-corrected chi connectivity index (χ4v) is 3.63. The predicted molar refractivity (Wildman–Crippen MR) is 93.9 cm³/mol. The number of carbonyl (C=O) groups is 1. The molecule has 7 heteroatoms. The molecule has 0 unspecified atom stereocenters. The first-order chi connectivity index (χ1) is 11.9. The van der Waals surface area contributed by atoms with Gasteiger partial charge in [-0.25, -0.2) is 4.68 Å². The highest BCUT2D eigenvalue weighted by atomic mass is 16.5. The van der Waals surface area contributed by atoms with Crippen LogP contribution >= 0.6 is 0 Å². The van der Waals surface area contributed by atoms with Crippen molar-refractivity contribution in [2.45, 2.75) is 32.7 Å². The Bertz CT molecular complexity index is 881. The molecular formula is C18H24N4O3. The molecule has 2 aromatic rings. The molecule has 3 heterocycles. The lowest BCUT2D eigenvalue weighted by molar-refractivity contribution is 0.0731. The Kier molecular flexibility index (Phi) is 4.41. The molecule has 0 saturated carbocycles. The Labute approximate surface area is 146 Å². The molecule has 0 aliphatic carbocycles. The summed E-state index contributed by atoms with van der Waals surface area (Å²) >= 11 is 0. The Balaban J connectivity index is 2.02. The van der Waals surface area contributed by atoms with Crippen molar-refractivity contribution >= 4 is 5.91 Å². The van der Waals surface area contributed by atoms with Gasteiger partial charge in [0, 0.05) is 26.3 Å². The Hall–Kier alpha value is -2.57. The van der Waals surface area contributed by atoms with Crippen LogP contribution in [0.5, 0.6) is 5.88 Å². The van der Waals surface area contributed by atoms with Crippen molar-refractivity contribution in [3.8, 4) is 5.88 Å². The zero-order valence-corrected chi connectivity index (χ0v) is 15.4. The maximum Gasteiger partial charge on any atom is 0.263 e. The monoisotopic (exact) mass is 344 g/mol. The lowest BCUT2D eigenvalue weighted by Gasteiger charge is -2.25. The second kappa shape index (κ2) is 6.38. The molecule has 1 saturated heterocycles. The average Bonchev–Trinajstić information content (AvgIpc) is 3.15. The molecule has 2 aromatic heterocycles. The molecule has 1 aliphatic rings. The van der Waals surface area contributed by atoms with E-state index >= 15 is 0 Å². The van der Waals surface area contributed by atoms with Gasteiger partial charge in [-0.05, 0) is 38.8 Å². The summed E-state index contributed by atoms with van der Waals surface area (Å²) in [7, 11) is 5.12. The fourth-order valence-electron chi connectivity index (χ4n) is 3.63. The van der Waals surface area contributed by atoms with Crippen LogP contribution in [-0.4, -0.2) is 38.8 Å². The summed E-state index contributed by atoms with van der Waals surface area (Å²) < 4.78 is 8.70. The Morgan fingerprint density at radius 2 is 2.00 bits per heavy atom. The van der Waals surface area contributed by atoms with Crippen molar-refractivity contribution in [1.82, 2.24) is 19.2 Å². The smallest absolute Gasteiger partial charge is 0.263 e. The van der Waals surface area contributed by atoms with Gasteiger partial charge in [0.25, 0.3) is 11.5 Å². The van der Waals surface area contributed by atoms with Crippen LogP contribution in [0.3, 0.4) is 0 Å². The van der Waals surface area contributed by atoms with Gasteiger partial charge in [0.2, 0.25) is 5.88 Å². The molecule has 3 rings (SSSR count). The zero-order valence-electron chi connectivity index (χ0n) is 15.4. The van der Waals surface area contributed by atoms with Gasteiger partial charge < -0.3 is 14.2 Å². The van der Waals surface area contributed by atoms with E-state index < -0.39 is 0 Å². The van der Waals surface area contributed by atoms with E-state index in [1.807, 2.05) is 20.9 Å². The molecule has 25 heavy (non-hydrogen) atoms. The second-order valence-corrected chi connectivity index (χ2v) is 6.54. The number of pyridine rings is 1. The number of aryl methyl sites for hydroxylation is 3. The summed E-state index contributed by atoms with van der Waals surface area (Å²) in [5.74, 6) is 0.437. The number of ether oxygens (including phenoxy) is 1. The van der Waals surface area contributed by atoms with Crippen LogP contribution in [-0.2, 0) is 14.1 Å². The molecule has 0 radical (unpaired) electrons. The summed E-state index contributed by atoms with van der Waals surface area (Å²) in [6.45, 7) is 4.39. The minimum atomic E-state index is -0.259. The number of nitrogens with zero attached hydrogens (tertiary/aromatic N) is 4. The van der Waals surface area contributed by atoms with Crippen LogP contribution in [0.2, 0.25) is 0 Å². The molecule has 1 amide bonds. The molecule has 0 aromatic carbocycles. The normalized spacial score (nSPS) is 17.2.